The first kappa shape index (κ1) is 11.7. The summed E-state index contributed by atoms with van der Waals surface area (Å²) in [6, 6.07) is 4.24. The molecule has 3 heteroatoms. The van der Waals surface area contributed by atoms with E-state index >= 15 is 0 Å². The predicted octanol–water partition coefficient (Wildman–Crippen LogP) is 2.88. The molecule has 2 nitrogen and oxygen atoms in total. The second-order valence-electron chi connectivity index (χ2n) is 5.63. The predicted molar refractivity (Wildman–Crippen MR) is 73.4 cm³/mol. The van der Waals surface area contributed by atoms with Gasteiger partial charge >= 0.3 is 0 Å². The lowest BCUT2D eigenvalue weighted by atomic mass is 10.0. The summed E-state index contributed by atoms with van der Waals surface area (Å²) in [5.74, 6) is 0.958. The molecule has 1 aliphatic heterocycles. The molecule has 1 N–H and O–H groups in total. The number of hydrogen-bond donors (Lipinski definition) is 1. The first-order valence-corrected chi connectivity index (χ1v) is 7.71. The Bertz CT molecular complexity index is 358. The van der Waals surface area contributed by atoms with Crippen LogP contribution in [0.15, 0.2) is 16.8 Å². The van der Waals surface area contributed by atoms with E-state index in [1.54, 1.807) is 0 Å². The molecule has 0 bridgehead atoms. The zero-order valence-electron chi connectivity index (χ0n) is 10.7. The van der Waals surface area contributed by atoms with E-state index in [0.717, 1.165) is 18.5 Å². The summed E-state index contributed by atoms with van der Waals surface area (Å²) in [4.78, 5) is 2.68. The molecule has 1 saturated carbocycles. The standard InChI is InChI=1S/C14H22N2S/c1-10-7-15-14(12-3-4-12)8-16(10)11(2)13-5-6-17-9-13/h5-6,9-12,14-15H,3-4,7-8H2,1-2H3. The smallest absolute Gasteiger partial charge is 0.0332 e. The van der Waals surface area contributed by atoms with Crippen LogP contribution >= 0.6 is 11.3 Å². The van der Waals surface area contributed by atoms with Gasteiger partial charge in [0, 0.05) is 31.2 Å². The number of hydrogen-bond acceptors (Lipinski definition) is 3. The van der Waals surface area contributed by atoms with Gasteiger partial charge in [0.2, 0.25) is 0 Å². The Balaban J connectivity index is 1.70. The van der Waals surface area contributed by atoms with Crippen molar-refractivity contribution in [1.82, 2.24) is 10.2 Å². The largest absolute Gasteiger partial charge is 0.311 e. The molecule has 17 heavy (non-hydrogen) atoms. The van der Waals surface area contributed by atoms with Crippen LogP contribution in [0.1, 0.15) is 38.3 Å². The van der Waals surface area contributed by atoms with E-state index in [2.05, 4.69) is 40.9 Å². The van der Waals surface area contributed by atoms with Crippen LogP contribution in [-0.2, 0) is 0 Å². The third-order valence-electron chi connectivity index (χ3n) is 4.36. The van der Waals surface area contributed by atoms with Gasteiger partial charge in [-0.25, -0.2) is 0 Å². The third-order valence-corrected chi connectivity index (χ3v) is 5.06. The number of rotatable bonds is 3. The van der Waals surface area contributed by atoms with Crippen molar-refractivity contribution in [2.75, 3.05) is 13.1 Å². The average Bonchev–Trinajstić information content (AvgIpc) is 3.04. The minimum Gasteiger partial charge on any atom is -0.311 e. The number of thiophene rings is 1. The SMILES string of the molecule is CC1CNC(C2CC2)CN1C(C)c1ccsc1. The lowest BCUT2D eigenvalue weighted by molar-refractivity contribution is 0.0926. The fourth-order valence-corrected chi connectivity index (χ4v) is 3.72. The highest BCUT2D eigenvalue weighted by Gasteiger charge is 2.37. The summed E-state index contributed by atoms with van der Waals surface area (Å²) in [6.45, 7) is 7.07. The number of nitrogens with one attached hydrogen (secondary N) is 1. The molecule has 2 aliphatic rings. The minimum atomic E-state index is 0.569. The number of piperazine rings is 1. The van der Waals surface area contributed by atoms with Gasteiger partial charge in [0.25, 0.3) is 0 Å². The van der Waals surface area contributed by atoms with Crippen molar-refractivity contribution in [2.45, 2.75) is 44.8 Å². The maximum Gasteiger partial charge on any atom is 0.0332 e. The summed E-state index contributed by atoms with van der Waals surface area (Å²) < 4.78 is 0. The average molecular weight is 250 g/mol. The normalized spacial score (nSPS) is 32.6. The zero-order valence-corrected chi connectivity index (χ0v) is 11.5. The first-order valence-electron chi connectivity index (χ1n) is 6.77. The molecule has 1 aromatic heterocycles. The minimum absolute atomic E-state index is 0.569. The second-order valence-corrected chi connectivity index (χ2v) is 6.41. The van der Waals surface area contributed by atoms with Crippen LogP contribution in [0, 0.1) is 5.92 Å². The van der Waals surface area contributed by atoms with E-state index in [4.69, 9.17) is 0 Å². The Hall–Kier alpha value is -0.380. The van der Waals surface area contributed by atoms with Crippen LogP contribution in [0.5, 0.6) is 0 Å². The maximum atomic E-state index is 3.72. The Morgan fingerprint density at radius 3 is 2.94 bits per heavy atom. The highest BCUT2D eigenvalue weighted by molar-refractivity contribution is 7.07. The maximum absolute atomic E-state index is 3.72. The third kappa shape index (κ3) is 2.42. The van der Waals surface area contributed by atoms with E-state index in [0.29, 0.717) is 12.1 Å². The lowest BCUT2D eigenvalue weighted by Gasteiger charge is -2.42. The topological polar surface area (TPSA) is 15.3 Å². The van der Waals surface area contributed by atoms with Gasteiger partial charge in [-0.05, 0) is 55.0 Å². The highest BCUT2D eigenvalue weighted by Crippen LogP contribution is 2.36. The van der Waals surface area contributed by atoms with Crippen molar-refractivity contribution in [3.8, 4) is 0 Å². The molecule has 0 amide bonds. The molecule has 94 valence electrons. The van der Waals surface area contributed by atoms with E-state index < -0.39 is 0 Å². The molecule has 1 saturated heterocycles. The van der Waals surface area contributed by atoms with Gasteiger partial charge in [-0.3, -0.25) is 4.90 Å². The summed E-state index contributed by atoms with van der Waals surface area (Å²) in [7, 11) is 0. The Morgan fingerprint density at radius 2 is 2.29 bits per heavy atom. The van der Waals surface area contributed by atoms with Crippen LogP contribution in [0.4, 0.5) is 0 Å². The van der Waals surface area contributed by atoms with Gasteiger partial charge in [-0.2, -0.15) is 11.3 Å². The van der Waals surface area contributed by atoms with Crippen molar-refractivity contribution in [1.29, 1.82) is 0 Å². The molecule has 0 spiro atoms. The van der Waals surface area contributed by atoms with Crippen LogP contribution in [0.2, 0.25) is 0 Å². The first-order chi connectivity index (χ1) is 8.25. The molecule has 3 atom stereocenters. The molecule has 2 heterocycles. The van der Waals surface area contributed by atoms with Crippen LogP contribution in [-0.4, -0.2) is 30.1 Å². The highest BCUT2D eigenvalue weighted by atomic mass is 32.1. The lowest BCUT2D eigenvalue weighted by Crippen LogP contribution is -2.56. The summed E-state index contributed by atoms with van der Waals surface area (Å²) in [5, 5.41) is 8.21. The Kier molecular flexibility index (Phi) is 3.24. The van der Waals surface area contributed by atoms with E-state index in [1.807, 2.05) is 11.3 Å². The fraction of sp³-hybridized carbons (Fsp3) is 0.714. The summed E-state index contributed by atoms with van der Waals surface area (Å²) in [5.41, 5.74) is 1.48. The monoisotopic (exact) mass is 250 g/mol. The molecule has 1 aliphatic carbocycles. The van der Waals surface area contributed by atoms with E-state index in [9.17, 15) is 0 Å². The van der Waals surface area contributed by atoms with E-state index in [1.165, 1.54) is 24.9 Å². The Labute approximate surface area is 108 Å². The molecule has 0 aromatic carbocycles. The van der Waals surface area contributed by atoms with Crippen molar-refractivity contribution in [2.24, 2.45) is 5.92 Å². The second kappa shape index (κ2) is 4.71. The van der Waals surface area contributed by atoms with Gasteiger partial charge < -0.3 is 5.32 Å². The van der Waals surface area contributed by atoms with Crippen LogP contribution in [0.25, 0.3) is 0 Å². The van der Waals surface area contributed by atoms with Crippen molar-refractivity contribution in [3.63, 3.8) is 0 Å². The molecule has 3 unspecified atom stereocenters. The molecule has 0 radical (unpaired) electrons. The van der Waals surface area contributed by atoms with Gasteiger partial charge in [0.15, 0.2) is 0 Å². The zero-order chi connectivity index (χ0) is 11.8. The summed E-state index contributed by atoms with van der Waals surface area (Å²) in [6.07, 6.45) is 2.87. The Morgan fingerprint density at radius 1 is 1.47 bits per heavy atom. The number of nitrogens with zero attached hydrogens (tertiary/aromatic N) is 1. The van der Waals surface area contributed by atoms with E-state index in [-0.39, 0.29) is 0 Å². The molecule has 3 rings (SSSR count). The van der Waals surface area contributed by atoms with Gasteiger partial charge in [-0.1, -0.05) is 0 Å². The van der Waals surface area contributed by atoms with Crippen molar-refractivity contribution < 1.29 is 0 Å². The molecular formula is C14H22N2S. The van der Waals surface area contributed by atoms with Crippen LogP contribution in [0.3, 0.4) is 0 Å². The van der Waals surface area contributed by atoms with Gasteiger partial charge in [0.05, 0.1) is 0 Å². The van der Waals surface area contributed by atoms with Crippen molar-refractivity contribution in [3.05, 3.63) is 22.4 Å². The molecule has 1 aromatic rings. The quantitative estimate of drug-likeness (QED) is 0.887. The fourth-order valence-electron chi connectivity index (χ4n) is 2.97. The molecule has 2 fully saturated rings. The van der Waals surface area contributed by atoms with Gasteiger partial charge in [-0.15, -0.1) is 0 Å². The van der Waals surface area contributed by atoms with Gasteiger partial charge in [0.1, 0.15) is 0 Å². The summed E-state index contributed by atoms with van der Waals surface area (Å²) >= 11 is 1.81. The van der Waals surface area contributed by atoms with Crippen molar-refractivity contribution >= 4 is 11.3 Å². The molecular weight excluding hydrogens is 228 g/mol. The van der Waals surface area contributed by atoms with Crippen LogP contribution < -0.4 is 5.32 Å².